The van der Waals surface area contributed by atoms with Gasteiger partial charge < -0.3 is 14.8 Å². The van der Waals surface area contributed by atoms with E-state index in [2.05, 4.69) is 20.6 Å². The molecule has 0 fully saturated rings. The zero-order valence-electron chi connectivity index (χ0n) is 10.4. The molecule has 0 unspecified atom stereocenters. The number of fused-ring (bicyclic) bond motifs is 1. The standard InChI is InChI=1S/C12H11N5O3/c18-11(19)9-7-17(16-15-9)6-5-13-12-14-8-3-1-2-4-10(8)20-12/h1-4,7H,5-6H2,(H,13,14)(H,18,19). The summed E-state index contributed by atoms with van der Waals surface area (Å²) in [5.74, 6) is -1.09. The minimum Gasteiger partial charge on any atom is -0.476 e. The van der Waals surface area contributed by atoms with Crippen molar-refractivity contribution in [2.24, 2.45) is 0 Å². The van der Waals surface area contributed by atoms with Crippen molar-refractivity contribution in [2.75, 3.05) is 11.9 Å². The lowest BCUT2D eigenvalue weighted by Crippen LogP contribution is -2.11. The quantitative estimate of drug-likeness (QED) is 0.720. The summed E-state index contributed by atoms with van der Waals surface area (Å²) in [6, 6.07) is 7.88. The van der Waals surface area contributed by atoms with E-state index in [0.29, 0.717) is 24.7 Å². The van der Waals surface area contributed by atoms with Gasteiger partial charge in [-0.05, 0) is 12.1 Å². The molecule has 8 heteroatoms. The normalized spacial score (nSPS) is 10.8. The highest BCUT2D eigenvalue weighted by Gasteiger charge is 2.08. The molecule has 0 radical (unpaired) electrons. The molecule has 0 saturated heterocycles. The fourth-order valence-corrected chi connectivity index (χ4v) is 1.73. The molecule has 20 heavy (non-hydrogen) atoms. The molecular weight excluding hydrogens is 262 g/mol. The van der Waals surface area contributed by atoms with Crippen molar-refractivity contribution in [1.29, 1.82) is 0 Å². The average Bonchev–Trinajstić information content (AvgIpc) is 3.04. The topological polar surface area (TPSA) is 106 Å². The van der Waals surface area contributed by atoms with Crippen LogP contribution in [-0.4, -0.2) is 37.6 Å². The Kier molecular flexibility index (Phi) is 3.04. The van der Waals surface area contributed by atoms with E-state index in [1.165, 1.54) is 10.9 Å². The van der Waals surface area contributed by atoms with Crippen LogP contribution in [0.1, 0.15) is 10.5 Å². The predicted octanol–water partition coefficient (Wildman–Crippen LogP) is 1.23. The molecule has 0 aliphatic carbocycles. The van der Waals surface area contributed by atoms with E-state index in [0.717, 1.165) is 5.52 Å². The fraction of sp³-hybridized carbons (Fsp3) is 0.167. The molecule has 3 rings (SSSR count). The predicted molar refractivity (Wildman–Crippen MR) is 69.5 cm³/mol. The second kappa shape index (κ2) is 5.00. The van der Waals surface area contributed by atoms with Crippen molar-refractivity contribution in [2.45, 2.75) is 6.54 Å². The van der Waals surface area contributed by atoms with E-state index in [1.54, 1.807) is 0 Å². The first-order valence-electron chi connectivity index (χ1n) is 5.95. The van der Waals surface area contributed by atoms with E-state index in [-0.39, 0.29) is 5.69 Å². The van der Waals surface area contributed by atoms with Gasteiger partial charge in [0.25, 0.3) is 6.01 Å². The number of nitrogens with zero attached hydrogens (tertiary/aromatic N) is 4. The van der Waals surface area contributed by atoms with Gasteiger partial charge in [0, 0.05) is 6.54 Å². The molecule has 1 aromatic carbocycles. The maximum Gasteiger partial charge on any atom is 0.358 e. The molecule has 0 atom stereocenters. The minimum atomic E-state index is -1.09. The van der Waals surface area contributed by atoms with Crippen LogP contribution in [0.25, 0.3) is 11.1 Å². The number of anilines is 1. The molecule has 2 N–H and O–H groups in total. The van der Waals surface area contributed by atoms with Gasteiger partial charge >= 0.3 is 5.97 Å². The van der Waals surface area contributed by atoms with Gasteiger partial charge in [0.2, 0.25) is 0 Å². The largest absolute Gasteiger partial charge is 0.476 e. The first kappa shape index (κ1) is 12.2. The monoisotopic (exact) mass is 273 g/mol. The SMILES string of the molecule is O=C(O)c1cn(CCNc2nc3ccccc3o2)nn1. The van der Waals surface area contributed by atoms with Crippen molar-refractivity contribution < 1.29 is 14.3 Å². The van der Waals surface area contributed by atoms with Crippen molar-refractivity contribution in [1.82, 2.24) is 20.0 Å². The summed E-state index contributed by atoms with van der Waals surface area (Å²) in [5.41, 5.74) is 1.42. The lowest BCUT2D eigenvalue weighted by atomic mass is 10.3. The Balaban J connectivity index is 1.60. The van der Waals surface area contributed by atoms with E-state index < -0.39 is 5.97 Å². The second-order valence-corrected chi connectivity index (χ2v) is 4.09. The zero-order valence-corrected chi connectivity index (χ0v) is 10.4. The third kappa shape index (κ3) is 2.44. The summed E-state index contributed by atoms with van der Waals surface area (Å²) < 4.78 is 6.93. The van der Waals surface area contributed by atoms with E-state index >= 15 is 0 Å². The number of para-hydroxylation sites is 2. The van der Waals surface area contributed by atoms with Crippen LogP contribution in [0.15, 0.2) is 34.9 Å². The highest BCUT2D eigenvalue weighted by atomic mass is 16.4. The maximum atomic E-state index is 10.7. The molecule has 3 aromatic rings. The van der Waals surface area contributed by atoms with Crippen LogP contribution >= 0.6 is 0 Å². The second-order valence-electron chi connectivity index (χ2n) is 4.09. The van der Waals surface area contributed by atoms with Gasteiger partial charge in [-0.15, -0.1) is 5.10 Å². The van der Waals surface area contributed by atoms with Crippen molar-refractivity contribution in [3.8, 4) is 0 Å². The molecule has 0 aliphatic rings. The summed E-state index contributed by atoms with van der Waals surface area (Å²) >= 11 is 0. The molecule has 0 bridgehead atoms. The Hall–Kier alpha value is -2.90. The third-order valence-corrected chi connectivity index (χ3v) is 2.67. The third-order valence-electron chi connectivity index (χ3n) is 2.67. The maximum absolute atomic E-state index is 10.7. The van der Waals surface area contributed by atoms with Gasteiger partial charge in [-0.2, -0.15) is 4.98 Å². The van der Waals surface area contributed by atoms with Crippen LogP contribution in [-0.2, 0) is 6.54 Å². The Labute approximate surface area is 113 Å². The van der Waals surface area contributed by atoms with Crippen molar-refractivity contribution in [3.05, 3.63) is 36.2 Å². The van der Waals surface area contributed by atoms with Gasteiger partial charge in [-0.3, -0.25) is 0 Å². The Bertz CT molecular complexity index is 715. The van der Waals surface area contributed by atoms with Gasteiger partial charge in [-0.1, -0.05) is 17.3 Å². The molecule has 102 valence electrons. The van der Waals surface area contributed by atoms with E-state index in [1.807, 2.05) is 24.3 Å². The molecule has 0 amide bonds. The Morgan fingerprint density at radius 3 is 3.00 bits per heavy atom. The summed E-state index contributed by atoms with van der Waals surface area (Å²) in [7, 11) is 0. The van der Waals surface area contributed by atoms with Gasteiger partial charge in [0.15, 0.2) is 11.3 Å². The number of aromatic carboxylic acids is 1. The highest BCUT2D eigenvalue weighted by Crippen LogP contribution is 2.17. The molecule has 0 saturated carbocycles. The van der Waals surface area contributed by atoms with E-state index in [4.69, 9.17) is 9.52 Å². The lowest BCUT2D eigenvalue weighted by Gasteiger charge is -2.00. The first-order valence-corrected chi connectivity index (χ1v) is 5.95. The average molecular weight is 273 g/mol. The Morgan fingerprint density at radius 2 is 2.25 bits per heavy atom. The van der Waals surface area contributed by atoms with Crippen LogP contribution in [0.5, 0.6) is 0 Å². The number of carboxylic acid groups (broad SMARTS) is 1. The van der Waals surface area contributed by atoms with Crippen LogP contribution in [0.2, 0.25) is 0 Å². The van der Waals surface area contributed by atoms with Crippen LogP contribution in [0.3, 0.4) is 0 Å². The van der Waals surface area contributed by atoms with Gasteiger partial charge in [0.05, 0.1) is 12.7 Å². The fourth-order valence-electron chi connectivity index (χ4n) is 1.73. The highest BCUT2D eigenvalue weighted by molar-refractivity contribution is 5.84. The first-order chi connectivity index (χ1) is 9.72. The smallest absolute Gasteiger partial charge is 0.358 e. The summed E-state index contributed by atoms with van der Waals surface area (Å²) in [6.45, 7) is 0.953. The number of nitrogens with one attached hydrogen (secondary N) is 1. The van der Waals surface area contributed by atoms with Crippen LogP contribution < -0.4 is 5.32 Å². The van der Waals surface area contributed by atoms with Crippen LogP contribution in [0.4, 0.5) is 6.01 Å². The summed E-state index contributed by atoms with van der Waals surface area (Å²) in [4.78, 5) is 14.9. The van der Waals surface area contributed by atoms with E-state index in [9.17, 15) is 4.79 Å². The molecule has 0 spiro atoms. The lowest BCUT2D eigenvalue weighted by molar-refractivity contribution is 0.0690. The van der Waals surface area contributed by atoms with Crippen molar-refractivity contribution >= 4 is 23.1 Å². The van der Waals surface area contributed by atoms with Gasteiger partial charge in [-0.25, -0.2) is 9.48 Å². The number of hydrogen-bond donors (Lipinski definition) is 2. The van der Waals surface area contributed by atoms with Gasteiger partial charge in [0.1, 0.15) is 5.52 Å². The number of rotatable bonds is 5. The molecule has 2 heterocycles. The Morgan fingerprint density at radius 1 is 1.40 bits per heavy atom. The number of oxazole rings is 1. The number of carbonyl (C=O) groups is 1. The van der Waals surface area contributed by atoms with Crippen molar-refractivity contribution in [3.63, 3.8) is 0 Å². The number of hydrogen-bond acceptors (Lipinski definition) is 6. The number of aromatic nitrogens is 4. The van der Waals surface area contributed by atoms with Crippen LogP contribution in [0, 0.1) is 0 Å². The summed E-state index contributed by atoms with van der Waals surface area (Å²) in [5, 5.41) is 19.0. The minimum absolute atomic E-state index is 0.0770. The molecule has 8 nitrogen and oxygen atoms in total. The summed E-state index contributed by atoms with van der Waals surface area (Å²) in [6.07, 6.45) is 1.37. The molecular formula is C12H11N5O3. The number of benzene rings is 1. The number of carboxylic acids is 1. The molecule has 0 aliphatic heterocycles. The molecule has 2 aromatic heterocycles. The zero-order chi connectivity index (χ0) is 13.9.